The molecular weight excluding hydrogens is 250 g/mol. The van der Waals surface area contributed by atoms with Crippen LogP contribution in [0.5, 0.6) is 0 Å². The molecule has 2 N–H and O–H groups in total. The van der Waals surface area contributed by atoms with Gasteiger partial charge in [0, 0.05) is 5.46 Å². The van der Waals surface area contributed by atoms with E-state index in [0.717, 1.165) is 5.19 Å². The SMILES string of the molecule is C[Si](C)(C)c1ccc(B(O)O)c(Cl)c1Cl. The fraction of sp³-hybridized carbons (Fsp3) is 0.333. The van der Waals surface area contributed by atoms with Crippen LogP contribution < -0.4 is 10.6 Å². The molecule has 0 aliphatic heterocycles. The van der Waals surface area contributed by atoms with Crippen LogP contribution in [-0.2, 0) is 0 Å². The Morgan fingerprint density at radius 2 is 1.60 bits per heavy atom. The molecule has 0 heterocycles. The lowest BCUT2D eigenvalue weighted by atomic mass is 9.80. The molecule has 0 fully saturated rings. The van der Waals surface area contributed by atoms with E-state index in [9.17, 15) is 0 Å². The quantitative estimate of drug-likeness (QED) is 0.787. The van der Waals surface area contributed by atoms with Crippen molar-refractivity contribution < 1.29 is 10.0 Å². The largest absolute Gasteiger partial charge is 0.490 e. The van der Waals surface area contributed by atoms with Crippen LogP contribution in [0.3, 0.4) is 0 Å². The highest BCUT2D eigenvalue weighted by Crippen LogP contribution is 2.20. The van der Waals surface area contributed by atoms with Crippen molar-refractivity contribution in [3.63, 3.8) is 0 Å². The molecule has 0 saturated heterocycles. The second-order valence-corrected chi connectivity index (χ2v) is 10.2. The van der Waals surface area contributed by atoms with Gasteiger partial charge in [-0.1, -0.05) is 55.0 Å². The first-order valence-electron chi connectivity index (χ1n) is 4.59. The Morgan fingerprint density at radius 1 is 1.07 bits per heavy atom. The van der Waals surface area contributed by atoms with Crippen LogP contribution in [0, 0.1) is 0 Å². The fourth-order valence-electron chi connectivity index (χ4n) is 1.34. The summed E-state index contributed by atoms with van der Waals surface area (Å²) in [5, 5.41) is 19.8. The van der Waals surface area contributed by atoms with Gasteiger partial charge in [0.05, 0.1) is 18.1 Å². The number of hydrogen-bond acceptors (Lipinski definition) is 2. The van der Waals surface area contributed by atoms with Crippen LogP contribution in [-0.4, -0.2) is 25.2 Å². The van der Waals surface area contributed by atoms with Gasteiger partial charge in [-0.25, -0.2) is 0 Å². The van der Waals surface area contributed by atoms with Gasteiger partial charge in [-0.15, -0.1) is 0 Å². The molecule has 2 nitrogen and oxygen atoms in total. The summed E-state index contributed by atoms with van der Waals surface area (Å²) in [5.74, 6) is 0. The van der Waals surface area contributed by atoms with Crippen molar-refractivity contribution in [2.24, 2.45) is 0 Å². The van der Waals surface area contributed by atoms with Gasteiger partial charge >= 0.3 is 7.12 Å². The molecule has 0 amide bonds. The van der Waals surface area contributed by atoms with Crippen LogP contribution in [0.2, 0.25) is 29.7 Å². The van der Waals surface area contributed by atoms with E-state index in [1.54, 1.807) is 6.07 Å². The molecule has 0 unspecified atom stereocenters. The Labute approximate surface area is 101 Å². The first-order chi connectivity index (χ1) is 6.75. The topological polar surface area (TPSA) is 40.5 Å². The minimum absolute atomic E-state index is 0.242. The van der Waals surface area contributed by atoms with Crippen LogP contribution in [0.25, 0.3) is 0 Å². The molecule has 0 aliphatic carbocycles. The van der Waals surface area contributed by atoms with E-state index in [4.69, 9.17) is 33.2 Å². The summed E-state index contributed by atoms with van der Waals surface area (Å²) in [6.07, 6.45) is 0. The third-order valence-electron chi connectivity index (χ3n) is 2.20. The average molecular weight is 263 g/mol. The number of rotatable bonds is 2. The summed E-state index contributed by atoms with van der Waals surface area (Å²) >= 11 is 12.1. The van der Waals surface area contributed by atoms with E-state index in [2.05, 4.69) is 19.6 Å². The van der Waals surface area contributed by atoms with Gasteiger partial charge in [-0.05, 0) is 5.19 Å². The molecule has 82 valence electrons. The highest BCUT2D eigenvalue weighted by molar-refractivity contribution is 6.90. The highest BCUT2D eigenvalue weighted by Gasteiger charge is 2.25. The van der Waals surface area contributed by atoms with E-state index in [1.807, 2.05) is 6.07 Å². The van der Waals surface area contributed by atoms with Crippen LogP contribution >= 0.6 is 23.2 Å². The molecule has 1 aromatic rings. The lowest BCUT2D eigenvalue weighted by Crippen LogP contribution is -2.41. The molecule has 0 spiro atoms. The molecule has 0 radical (unpaired) electrons. The standard InChI is InChI=1S/C9H13BCl2O2Si/c1-15(2,3)7-5-4-6(10(13)14)8(11)9(7)12/h4-5,13-14H,1-3H3. The third kappa shape index (κ3) is 2.77. The number of benzene rings is 1. The molecule has 1 rings (SSSR count). The maximum Gasteiger partial charge on any atom is 0.490 e. The zero-order valence-electron chi connectivity index (χ0n) is 8.88. The predicted molar refractivity (Wildman–Crippen MR) is 69.3 cm³/mol. The van der Waals surface area contributed by atoms with Crippen molar-refractivity contribution in [2.75, 3.05) is 0 Å². The van der Waals surface area contributed by atoms with Gasteiger partial charge in [0.25, 0.3) is 0 Å². The Balaban J connectivity index is 3.34. The molecule has 6 heteroatoms. The zero-order chi connectivity index (χ0) is 11.8. The molecule has 1 aromatic carbocycles. The predicted octanol–water partition coefficient (Wildman–Crippen LogP) is 1.22. The molecule has 0 aliphatic rings. The van der Waals surface area contributed by atoms with Gasteiger partial charge < -0.3 is 10.0 Å². The van der Waals surface area contributed by atoms with Crippen molar-refractivity contribution >= 4 is 49.0 Å². The van der Waals surface area contributed by atoms with E-state index in [1.165, 1.54) is 0 Å². The van der Waals surface area contributed by atoms with E-state index < -0.39 is 15.2 Å². The van der Waals surface area contributed by atoms with Gasteiger partial charge in [-0.2, -0.15) is 0 Å². The molecular formula is C9H13BCl2O2Si. The van der Waals surface area contributed by atoms with Gasteiger partial charge in [0.2, 0.25) is 0 Å². The van der Waals surface area contributed by atoms with Crippen molar-refractivity contribution in [2.45, 2.75) is 19.6 Å². The van der Waals surface area contributed by atoms with Crippen LogP contribution in [0.4, 0.5) is 0 Å². The normalized spacial score (nSPS) is 11.7. The Kier molecular flexibility index (Phi) is 3.90. The first-order valence-corrected chi connectivity index (χ1v) is 8.85. The Hall–Kier alpha value is 0.00182. The lowest BCUT2D eigenvalue weighted by Gasteiger charge is -2.20. The van der Waals surface area contributed by atoms with Crippen molar-refractivity contribution in [1.82, 2.24) is 0 Å². The van der Waals surface area contributed by atoms with Crippen molar-refractivity contribution in [3.05, 3.63) is 22.2 Å². The number of hydrogen-bond donors (Lipinski definition) is 2. The molecule has 15 heavy (non-hydrogen) atoms. The molecule has 0 saturated carbocycles. The molecule has 0 aromatic heterocycles. The van der Waals surface area contributed by atoms with Crippen LogP contribution in [0.15, 0.2) is 12.1 Å². The summed E-state index contributed by atoms with van der Waals surface area (Å²) in [4.78, 5) is 0. The van der Waals surface area contributed by atoms with Crippen molar-refractivity contribution in [1.29, 1.82) is 0 Å². The monoisotopic (exact) mass is 262 g/mol. The molecule has 0 bridgehead atoms. The average Bonchev–Trinajstić information content (AvgIpc) is 2.06. The van der Waals surface area contributed by atoms with Crippen LogP contribution in [0.1, 0.15) is 0 Å². The zero-order valence-corrected chi connectivity index (χ0v) is 11.4. The maximum absolute atomic E-state index is 9.05. The molecule has 0 atom stereocenters. The summed E-state index contributed by atoms with van der Waals surface area (Å²) in [6, 6.07) is 3.45. The minimum Gasteiger partial charge on any atom is -0.423 e. The summed E-state index contributed by atoms with van der Waals surface area (Å²) < 4.78 is 0. The second kappa shape index (κ2) is 4.47. The van der Waals surface area contributed by atoms with E-state index in [0.29, 0.717) is 5.02 Å². The summed E-state index contributed by atoms with van der Waals surface area (Å²) in [7, 11) is -3.12. The maximum atomic E-state index is 9.05. The summed E-state index contributed by atoms with van der Waals surface area (Å²) in [6.45, 7) is 6.46. The second-order valence-electron chi connectivity index (χ2n) is 4.45. The minimum atomic E-state index is -1.58. The van der Waals surface area contributed by atoms with Gasteiger partial charge in [-0.3, -0.25) is 0 Å². The van der Waals surface area contributed by atoms with Gasteiger partial charge in [0.15, 0.2) is 0 Å². The van der Waals surface area contributed by atoms with E-state index in [-0.39, 0.29) is 10.5 Å². The smallest absolute Gasteiger partial charge is 0.423 e. The lowest BCUT2D eigenvalue weighted by molar-refractivity contribution is 0.426. The Morgan fingerprint density at radius 3 is 2.00 bits per heavy atom. The van der Waals surface area contributed by atoms with Gasteiger partial charge in [0.1, 0.15) is 0 Å². The number of halogens is 2. The first kappa shape index (κ1) is 13.1. The van der Waals surface area contributed by atoms with E-state index >= 15 is 0 Å². The van der Waals surface area contributed by atoms with Crippen molar-refractivity contribution in [3.8, 4) is 0 Å². The Bertz CT molecular complexity index is 377. The summed E-state index contributed by atoms with van der Waals surface area (Å²) in [5.41, 5.74) is 0.253. The third-order valence-corrected chi connectivity index (χ3v) is 5.29. The fourth-order valence-corrected chi connectivity index (χ4v) is 4.07. The highest BCUT2D eigenvalue weighted by atomic mass is 35.5.